The molecule has 1 rings (SSSR count). The first-order valence-electron chi connectivity index (χ1n) is 3.35. The molecule has 0 aromatic carbocycles. The molecule has 1 aliphatic carbocycles. The molecule has 9 heavy (non-hydrogen) atoms. The summed E-state index contributed by atoms with van der Waals surface area (Å²) < 4.78 is 0. The molecule has 2 unspecified atom stereocenters. The standard InChI is InChI=1S/C7H13ClO/c1-7(2)5(3-4-9)6(7)8/h5-6,9H,3-4H2,1-2H3. The van der Waals surface area contributed by atoms with Crippen LogP contribution in [0.2, 0.25) is 0 Å². The van der Waals surface area contributed by atoms with Crippen LogP contribution in [-0.2, 0) is 0 Å². The highest BCUT2D eigenvalue weighted by Crippen LogP contribution is 2.57. The molecule has 0 aromatic heterocycles. The zero-order valence-electron chi connectivity index (χ0n) is 5.89. The summed E-state index contributed by atoms with van der Waals surface area (Å²) in [4.78, 5) is 0. The Morgan fingerprint density at radius 3 is 2.11 bits per heavy atom. The van der Waals surface area contributed by atoms with Crippen molar-refractivity contribution in [2.24, 2.45) is 11.3 Å². The molecule has 0 heterocycles. The molecule has 0 aromatic rings. The lowest BCUT2D eigenvalue weighted by Gasteiger charge is -1.97. The van der Waals surface area contributed by atoms with Crippen LogP contribution in [0.15, 0.2) is 0 Å². The lowest BCUT2D eigenvalue weighted by molar-refractivity contribution is 0.272. The largest absolute Gasteiger partial charge is 0.396 e. The molecule has 1 nitrogen and oxygen atoms in total. The number of rotatable bonds is 2. The number of hydrogen-bond acceptors (Lipinski definition) is 1. The van der Waals surface area contributed by atoms with Crippen LogP contribution in [-0.4, -0.2) is 17.1 Å². The molecular formula is C7H13ClO. The van der Waals surface area contributed by atoms with Crippen LogP contribution in [0.3, 0.4) is 0 Å². The van der Waals surface area contributed by atoms with E-state index < -0.39 is 0 Å². The Kier molecular flexibility index (Phi) is 1.75. The second kappa shape index (κ2) is 2.14. The summed E-state index contributed by atoms with van der Waals surface area (Å²) in [5, 5.41) is 8.86. The van der Waals surface area contributed by atoms with E-state index in [1.54, 1.807) is 0 Å². The van der Waals surface area contributed by atoms with Crippen molar-refractivity contribution in [2.45, 2.75) is 25.6 Å². The van der Waals surface area contributed by atoms with E-state index in [1.165, 1.54) is 0 Å². The molecule has 0 amide bonds. The number of hydrogen-bond donors (Lipinski definition) is 1. The first kappa shape index (κ1) is 7.36. The molecule has 1 N–H and O–H groups in total. The molecule has 54 valence electrons. The third-order valence-electron chi connectivity index (χ3n) is 2.35. The fraction of sp³-hybridized carbons (Fsp3) is 1.00. The summed E-state index contributed by atoms with van der Waals surface area (Å²) in [5.41, 5.74) is 0.282. The smallest absolute Gasteiger partial charge is 0.0434 e. The summed E-state index contributed by atoms with van der Waals surface area (Å²) in [6.45, 7) is 4.56. The van der Waals surface area contributed by atoms with E-state index in [-0.39, 0.29) is 12.0 Å². The van der Waals surface area contributed by atoms with Crippen LogP contribution in [0.5, 0.6) is 0 Å². The zero-order chi connectivity index (χ0) is 7.07. The van der Waals surface area contributed by atoms with Crippen molar-refractivity contribution in [3.63, 3.8) is 0 Å². The van der Waals surface area contributed by atoms with Crippen LogP contribution in [0.25, 0.3) is 0 Å². The lowest BCUT2D eigenvalue weighted by Crippen LogP contribution is -1.92. The Balaban J connectivity index is 2.33. The minimum absolute atomic E-state index is 0.275. The van der Waals surface area contributed by atoms with Gasteiger partial charge in [-0.2, -0.15) is 0 Å². The summed E-state index contributed by atoms with van der Waals surface area (Å²) >= 11 is 5.91. The van der Waals surface area contributed by atoms with Gasteiger partial charge in [-0.15, -0.1) is 11.6 Å². The molecule has 2 atom stereocenters. The number of alkyl halides is 1. The van der Waals surface area contributed by atoms with Gasteiger partial charge in [0.05, 0.1) is 0 Å². The van der Waals surface area contributed by atoms with Crippen molar-refractivity contribution < 1.29 is 5.11 Å². The highest BCUT2D eigenvalue weighted by atomic mass is 35.5. The number of aliphatic hydroxyl groups excluding tert-OH is 1. The fourth-order valence-corrected chi connectivity index (χ4v) is 1.87. The molecule has 0 saturated heterocycles. The van der Waals surface area contributed by atoms with Gasteiger partial charge in [-0.25, -0.2) is 0 Å². The minimum Gasteiger partial charge on any atom is -0.396 e. The van der Waals surface area contributed by atoms with E-state index in [4.69, 9.17) is 16.7 Å². The maximum Gasteiger partial charge on any atom is 0.0434 e. The lowest BCUT2D eigenvalue weighted by atomic mass is 10.1. The van der Waals surface area contributed by atoms with Crippen molar-refractivity contribution >= 4 is 11.6 Å². The van der Waals surface area contributed by atoms with Crippen molar-refractivity contribution in [1.29, 1.82) is 0 Å². The van der Waals surface area contributed by atoms with Gasteiger partial charge in [-0.1, -0.05) is 13.8 Å². The Morgan fingerprint density at radius 2 is 2.00 bits per heavy atom. The second-order valence-electron chi connectivity index (χ2n) is 3.34. The van der Waals surface area contributed by atoms with E-state index in [1.807, 2.05) is 0 Å². The van der Waals surface area contributed by atoms with Gasteiger partial charge in [-0.3, -0.25) is 0 Å². The van der Waals surface area contributed by atoms with Gasteiger partial charge in [0.2, 0.25) is 0 Å². The van der Waals surface area contributed by atoms with E-state index in [9.17, 15) is 0 Å². The fourth-order valence-electron chi connectivity index (χ4n) is 1.33. The molecule has 2 heteroatoms. The number of aliphatic hydroxyl groups is 1. The maximum atomic E-state index is 8.57. The van der Waals surface area contributed by atoms with E-state index in [2.05, 4.69) is 13.8 Å². The van der Waals surface area contributed by atoms with Gasteiger partial charge in [0, 0.05) is 12.0 Å². The predicted molar refractivity (Wildman–Crippen MR) is 38.6 cm³/mol. The van der Waals surface area contributed by atoms with Crippen molar-refractivity contribution in [1.82, 2.24) is 0 Å². The second-order valence-corrected chi connectivity index (χ2v) is 3.81. The third kappa shape index (κ3) is 1.08. The average molecular weight is 149 g/mol. The molecule has 1 fully saturated rings. The Hall–Kier alpha value is 0.250. The molecule has 1 saturated carbocycles. The van der Waals surface area contributed by atoms with Gasteiger partial charge in [0.25, 0.3) is 0 Å². The first-order valence-corrected chi connectivity index (χ1v) is 3.79. The van der Waals surface area contributed by atoms with E-state index >= 15 is 0 Å². The molecule has 0 radical (unpaired) electrons. The van der Waals surface area contributed by atoms with Crippen LogP contribution in [0.1, 0.15) is 20.3 Å². The highest BCUT2D eigenvalue weighted by molar-refractivity contribution is 6.23. The monoisotopic (exact) mass is 148 g/mol. The van der Waals surface area contributed by atoms with E-state index in [0.29, 0.717) is 11.3 Å². The summed E-state index contributed by atoms with van der Waals surface area (Å²) in [5.74, 6) is 0.546. The van der Waals surface area contributed by atoms with Gasteiger partial charge < -0.3 is 5.11 Å². The van der Waals surface area contributed by atoms with Crippen molar-refractivity contribution in [2.75, 3.05) is 6.61 Å². The molecule has 0 aliphatic heterocycles. The van der Waals surface area contributed by atoms with Crippen LogP contribution >= 0.6 is 11.6 Å². The summed E-state index contributed by atoms with van der Waals surface area (Å²) in [6, 6.07) is 0. The predicted octanol–water partition coefficient (Wildman–Crippen LogP) is 1.63. The van der Waals surface area contributed by atoms with Gasteiger partial charge in [-0.05, 0) is 17.8 Å². The van der Waals surface area contributed by atoms with Gasteiger partial charge in [0.15, 0.2) is 0 Å². The van der Waals surface area contributed by atoms with Crippen LogP contribution in [0, 0.1) is 11.3 Å². The topological polar surface area (TPSA) is 20.2 Å². The number of halogens is 1. The quantitative estimate of drug-likeness (QED) is 0.591. The first-order chi connectivity index (χ1) is 4.10. The van der Waals surface area contributed by atoms with Crippen molar-refractivity contribution in [3.8, 4) is 0 Å². The minimum atomic E-state index is 0.275. The van der Waals surface area contributed by atoms with Crippen LogP contribution in [0.4, 0.5) is 0 Å². The molecule has 0 spiro atoms. The van der Waals surface area contributed by atoms with Crippen LogP contribution < -0.4 is 0 Å². The Morgan fingerprint density at radius 1 is 1.56 bits per heavy atom. The van der Waals surface area contributed by atoms with Crippen molar-refractivity contribution in [3.05, 3.63) is 0 Å². The molecular weight excluding hydrogens is 136 g/mol. The molecule has 1 aliphatic rings. The highest BCUT2D eigenvalue weighted by Gasteiger charge is 2.55. The van der Waals surface area contributed by atoms with Gasteiger partial charge >= 0.3 is 0 Å². The average Bonchev–Trinajstić information content (AvgIpc) is 2.19. The third-order valence-corrected chi connectivity index (χ3v) is 3.22. The zero-order valence-corrected chi connectivity index (χ0v) is 6.65. The van der Waals surface area contributed by atoms with Gasteiger partial charge in [0.1, 0.15) is 0 Å². The maximum absolute atomic E-state index is 8.57. The summed E-state index contributed by atoms with van der Waals surface area (Å²) in [6.07, 6.45) is 0.862. The van der Waals surface area contributed by atoms with E-state index in [0.717, 1.165) is 6.42 Å². The molecule has 0 bridgehead atoms. The normalized spacial score (nSPS) is 38.7. The Bertz CT molecular complexity index is 111. The summed E-state index contributed by atoms with van der Waals surface area (Å²) in [7, 11) is 0. The Labute approximate surface area is 61.0 Å². The SMILES string of the molecule is CC1(C)C(Cl)C1CCO.